The fourth-order valence-corrected chi connectivity index (χ4v) is 4.30. The average molecular weight is 345 g/mol. The van der Waals surface area contributed by atoms with Gasteiger partial charge in [0.1, 0.15) is 10.8 Å². The summed E-state index contributed by atoms with van der Waals surface area (Å²) >= 11 is 1.56. The topological polar surface area (TPSA) is 59.2 Å². The first-order valence-electron chi connectivity index (χ1n) is 8.34. The fourth-order valence-electron chi connectivity index (χ4n) is 3.16. The molecule has 0 aromatic carbocycles. The van der Waals surface area contributed by atoms with E-state index in [0.717, 1.165) is 34.9 Å². The predicted molar refractivity (Wildman–Crippen MR) is 94.1 cm³/mol. The van der Waals surface area contributed by atoms with Crippen LogP contribution >= 0.6 is 11.8 Å². The van der Waals surface area contributed by atoms with Crippen molar-refractivity contribution in [2.75, 3.05) is 7.05 Å². The summed E-state index contributed by atoms with van der Waals surface area (Å²) in [4.78, 5) is 19.2. The molecule has 0 spiro atoms. The number of aromatic nitrogens is 2. The van der Waals surface area contributed by atoms with Gasteiger partial charge in [-0.2, -0.15) is 0 Å². The van der Waals surface area contributed by atoms with Crippen LogP contribution < -0.4 is 0 Å². The Balaban J connectivity index is 1.76. The van der Waals surface area contributed by atoms with Gasteiger partial charge in [0.25, 0.3) is 5.91 Å². The zero-order valence-corrected chi connectivity index (χ0v) is 15.2. The average Bonchev–Trinajstić information content (AvgIpc) is 3.23. The van der Waals surface area contributed by atoms with Crippen molar-refractivity contribution >= 4 is 17.7 Å². The lowest BCUT2D eigenvalue weighted by Crippen LogP contribution is -2.35. The molecule has 0 atom stereocenters. The molecule has 0 unspecified atom stereocenters. The summed E-state index contributed by atoms with van der Waals surface area (Å²) in [5, 5.41) is 4.75. The molecule has 0 aliphatic heterocycles. The van der Waals surface area contributed by atoms with Crippen LogP contribution in [0, 0.1) is 13.8 Å². The Kier molecular flexibility index (Phi) is 5.23. The Labute approximate surface area is 146 Å². The van der Waals surface area contributed by atoms with E-state index >= 15 is 0 Å². The molecule has 0 radical (unpaired) electrons. The van der Waals surface area contributed by atoms with Gasteiger partial charge in [-0.25, -0.2) is 4.98 Å². The van der Waals surface area contributed by atoms with Crippen molar-refractivity contribution in [1.29, 1.82) is 0 Å². The minimum absolute atomic E-state index is 0.0660. The van der Waals surface area contributed by atoms with Gasteiger partial charge in [-0.05, 0) is 38.8 Å². The molecule has 0 saturated heterocycles. The van der Waals surface area contributed by atoms with Crippen LogP contribution in [0.2, 0.25) is 0 Å². The van der Waals surface area contributed by atoms with Crippen LogP contribution in [0.4, 0.5) is 0 Å². The van der Waals surface area contributed by atoms with E-state index in [-0.39, 0.29) is 5.91 Å². The lowest BCUT2D eigenvalue weighted by molar-refractivity contribution is 0.0731. The van der Waals surface area contributed by atoms with Crippen molar-refractivity contribution in [3.8, 4) is 0 Å². The van der Waals surface area contributed by atoms with E-state index < -0.39 is 0 Å². The number of hydrogen-bond donors (Lipinski definition) is 0. The Morgan fingerprint density at radius 3 is 2.79 bits per heavy atom. The quantitative estimate of drug-likeness (QED) is 0.767. The van der Waals surface area contributed by atoms with Gasteiger partial charge in [-0.3, -0.25) is 4.79 Å². The number of aryl methyl sites for hydroxylation is 2. The molecular formula is C18H23N3O2S. The molecule has 0 N–H and O–H groups in total. The third-order valence-electron chi connectivity index (χ3n) is 4.73. The molecular weight excluding hydrogens is 322 g/mol. The Morgan fingerprint density at radius 1 is 1.38 bits per heavy atom. The van der Waals surface area contributed by atoms with Crippen LogP contribution in [0.5, 0.6) is 0 Å². The van der Waals surface area contributed by atoms with E-state index in [4.69, 9.17) is 4.52 Å². The van der Waals surface area contributed by atoms with Crippen LogP contribution in [0.25, 0.3) is 0 Å². The number of hydrogen-bond acceptors (Lipinski definition) is 5. The SMILES string of the molecule is Cc1noc(C)c1CSc1ncccc1C(=O)N(C)C1CCCC1. The normalized spacial score (nSPS) is 15.0. The van der Waals surface area contributed by atoms with E-state index in [1.165, 1.54) is 12.8 Å². The zero-order chi connectivity index (χ0) is 17.1. The number of nitrogens with zero attached hydrogens (tertiary/aromatic N) is 3. The van der Waals surface area contributed by atoms with Gasteiger partial charge in [-0.15, -0.1) is 11.8 Å². The van der Waals surface area contributed by atoms with Gasteiger partial charge in [0.15, 0.2) is 0 Å². The Morgan fingerprint density at radius 2 is 2.12 bits per heavy atom. The molecule has 0 bridgehead atoms. The molecule has 1 aliphatic rings. The molecule has 128 valence electrons. The first-order chi connectivity index (χ1) is 11.6. The summed E-state index contributed by atoms with van der Waals surface area (Å²) < 4.78 is 5.21. The van der Waals surface area contributed by atoms with Crippen LogP contribution in [-0.2, 0) is 5.75 Å². The summed E-state index contributed by atoms with van der Waals surface area (Å²) in [6, 6.07) is 4.06. The number of carbonyl (C=O) groups is 1. The van der Waals surface area contributed by atoms with E-state index in [2.05, 4.69) is 10.1 Å². The van der Waals surface area contributed by atoms with Gasteiger partial charge in [0.05, 0.1) is 11.3 Å². The molecule has 2 heterocycles. The highest BCUT2D eigenvalue weighted by molar-refractivity contribution is 7.98. The molecule has 1 saturated carbocycles. The second-order valence-corrected chi connectivity index (χ2v) is 7.27. The van der Waals surface area contributed by atoms with Gasteiger partial charge in [0, 0.05) is 30.6 Å². The molecule has 2 aromatic heterocycles. The number of pyridine rings is 1. The first kappa shape index (κ1) is 17.0. The highest BCUT2D eigenvalue weighted by atomic mass is 32.2. The fraction of sp³-hybridized carbons (Fsp3) is 0.500. The largest absolute Gasteiger partial charge is 0.361 e. The second kappa shape index (κ2) is 7.38. The second-order valence-electron chi connectivity index (χ2n) is 6.30. The van der Waals surface area contributed by atoms with Gasteiger partial charge >= 0.3 is 0 Å². The maximum absolute atomic E-state index is 12.9. The molecule has 1 fully saturated rings. The van der Waals surface area contributed by atoms with Crippen molar-refractivity contribution in [3.05, 3.63) is 40.9 Å². The zero-order valence-electron chi connectivity index (χ0n) is 14.4. The predicted octanol–water partition coefficient (Wildman–Crippen LogP) is 3.99. The minimum atomic E-state index is 0.0660. The third kappa shape index (κ3) is 3.48. The van der Waals surface area contributed by atoms with Crippen LogP contribution in [0.1, 0.15) is 53.1 Å². The number of rotatable bonds is 5. The van der Waals surface area contributed by atoms with Crippen molar-refractivity contribution in [2.45, 2.75) is 56.4 Å². The molecule has 6 heteroatoms. The van der Waals surface area contributed by atoms with Crippen molar-refractivity contribution < 1.29 is 9.32 Å². The molecule has 24 heavy (non-hydrogen) atoms. The lowest BCUT2D eigenvalue weighted by Gasteiger charge is -2.25. The highest BCUT2D eigenvalue weighted by Crippen LogP contribution is 2.29. The maximum Gasteiger partial charge on any atom is 0.256 e. The lowest BCUT2D eigenvalue weighted by atomic mass is 10.2. The Bertz CT molecular complexity index is 703. The van der Waals surface area contributed by atoms with Crippen LogP contribution in [0.15, 0.2) is 27.9 Å². The van der Waals surface area contributed by atoms with Gasteiger partial charge in [0.2, 0.25) is 0 Å². The smallest absolute Gasteiger partial charge is 0.256 e. The van der Waals surface area contributed by atoms with Crippen LogP contribution in [-0.4, -0.2) is 34.0 Å². The minimum Gasteiger partial charge on any atom is -0.361 e. The molecule has 1 aliphatic carbocycles. The maximum atomic E-state index is 12.9. The standard InChI is InChI=1S/C18H23N3O2S/c1-12-16(13(2)23-20-12)11-24-17-15(9-6-10-19-17)18(22)21(3)14-7-4-5-8-14/h6,9-10,14H,4-5,7-8,11H2,1-3H3. The van der Waals surface area contributed by atoms with Crippen molar-refractivity contribution in [1.82, 2.24) is 15.0 Å². The number of thioether (sulfide) groups is 1. The summed E-state index contributed by atoms with van der Waals surface area (Å²) in [6.07, 6.45) is 6.36. The van der Waals surface area contributed by atoms with E-state index in [1.54, 1.807) is 18.0 Å². The van der Waals surface area contributed by atoms with Gasteiger partial charge < -0.3 is 9.42 Å². The molecule has 1 amide bonds. The van der Waals surface area contributed by atoms with E-state index in [1.807, 2.05) is 37.9 Å². The molecule has 3 rings (SSSR count). The summed E-state index contributed by atoms with van der Waals surface area (Å²) in [6.45, 7) is 3.85. The highest BCUT2D eigenvalue weighted by Gasteiger charge is 2.26. The van der Waals surface area contributed by atoms with Gasteiger partial charge in [-0.1, -0.05) is 18.0 Å². The number of carbonyl (C=O) groups excluding carboxylic acids is 1. The van der Waals surface area contributed by atoms with E-state index in [0.29, 0.717) is 17.4 Å². The van der Waals surface area contributed by atoms with E-state index in [9.17, 15) is 4.79 Å². The number of amides is 1. The molecule has 5 nitrogen and oxygen atoms in total. The van der Waals surface area contributed by atoms with Crippen molar-refractivity contribution in [2.24, 2.45) is 0 Å². The monoisotopic (exact) mass is 345 g/mol. The summed E-state index contributed by atoms with van der Waals surface area (Å²) in [5.74, 6) is 1.59. The van der Waals surface area contributed by atoms with Crippen LogP contribution in [0.3, 0.4) is 0 Å². The first-order valence-corrected chi connectivity index (χ1v) is 9.33. The molecule has 2 aromatic rings. The van der Waals surface area contributed by atoms with Crippen molar-refractivity contribution in [3.63, 3.8) is 0 Å². The summed E-state index contributed by atoms with van der Waals surface area (Å²) in [5.41, 5.74) is 2.66. The summed E-state index contributed by atoms with van der Waals surface area (Å²) in [7, 11) is 1.91. The Hall–Kier alpha value is -1.82. The third-order valence-corrected chi connectivity index (χ3v) is 5.76.